The number of benzene rings is 2. The maximum Gasteiger partial charge on any atom is 0.175 e. The number of aryl methyl sites for hydroxylation is 1. The average Bonchev–Trinajstić information content (AvgIpc) is 2.92. The van der Waals surface area contributed by atoms with Crippen molar-refractivity contribution in [3.05, 3.63) is 70.3 Å². The van der Waals surface area contributed by atoms with Crippen molar-refractivity contribution in [2.24, 2.45) is 0 Å². The van der Waals surface area contributed by atoms with E-state index in [4.69, 9.17) is 28.6 Å². The number of hydrogen-bond donors (Lipinski definition) is 2. The molecule has 0 bridgehead atoms. The summed E-state index contributed by atoms with van der Waals surface area (Å²) in [4.78, 5) is 0. The minimum absolute atomic E-state index is 0.364. The molecule has 0 spiro atoms. The molecule has 2 N–H and O–H groups in total. The molecule has 0 aliphatic rings. The lowest BCUT2D eigenvalue weighted by Gasteiger charge is -2.13. The van der Waals surface area contributed by atoms with Crippen molar-refractivity contribution in [3.63, 3.8) is 0 Å². The van der Waals surface area contributed by atoms with E-state index in [0.29, 0.717) is 22.4 Å². The lowest BCUT2D eigenvalue weighted by molar-refractivity contribution is 0.417. The first-order valence-corrected chi connectivity index (χ1v) is 9.36. The standard InChI is InChI=1S/C20H20ClFN4OS/c1-12-19(24-20(28)23-17-6-4-5-7-18(17)27-3)13(2)26(25-12)11-14-8-9-15(22)10-16(14)21/h4-10H,11H2,1-3H3,(H2,23,24,28). The average molecular weight is 419 g/mol. The molecule has 8 heteroatoms. The maximum atomic E-state index is 13.3. The van der Waals surface area contributed by atoms with E-state index in [-0.39, 0.29) is 5.82 Å². The first-order valence-electron chi connectivity index (χ1n) is 8.58. The zero-order chi connectivity index (χ0) is 20.3. The number of hydrogen-bond acceptors (Lipinski definition) is 3. The van der Waals surface area contributed by atoms with Gasteiger partial charge >= 0.3 is 0 Å². The number of para-hydroxylation sites is 2. The lowest BCUT2D eigenvalue weighted by atomic mass is 10.2. The summed E-state index contributed by atoms with van der Waals surface area (Å²) in [5, 5.41) is 11.7. The van der Waals surface area contributed by atoms with Gasteiger partial charge in [-0.2, -0.15) is 5.10 Å². The van der Waals surface area contributed by atoms with Crippen LogP contribution in [-0.2, 0) is 6.54 Å². The largest absolute Gasteiger partial charge is 0.495 e. The Labute approximate surface area is 173 Å². The second kappa shape index (κ2) is 8.58. The van der Waals surface area contributed by atoms with E-state index in [9.17, 15) is 4.39 Å². The molecule has 0 aliphatic heterocycles. The Morgan fingerprint density at radius 3 is 2.68 bits per heavy atom. The third kappa shape index (κ3) is 4.43. The van der Waals surface area contributed by atoms with Gasteiger partial charge in [0.25, 0.3) is 0 Å². The van der Waals surface area contributed by atoms with Crippen molar-refractivity contribution in [3.8, 4) is 5.75 Å². The Morgan fingerprint density at radius 1 is 1.21 bits per heavy atom. The van der Waals surface area contributed by atoms with Gasteiger partial charge in [-0.15, -0.1) is 0 Å². The highest BCUT2D eigenvalue weighted by Gasteiger charge is 2.15. The Bertz CT molecular complexity index is 1020. The molecule has 0 unspecified atom stereocenters. The SMILES string of the molecule is COc1ccccc1NC(=S)Nc1c(C)nn(Cc2ccc(F)cc2Cl)c1C. The fraction of sp³-hybridized carbons (Fsp3) is 0.200. The number of rotatable bonds is 5. The second-order valence-corrected chi connectivity index (χ2v) is 7.03. The Kier molecular flexibility index (Phi) is 6.16. The summed E-state index contributed by atoms with van der Waals surface area (Å²) < 4.78 is 20.4. The molecule has 0 radical (unpaired) electrons. The summed E-state index contributed by atoms with van der Waals surface area (Å²) in [6.45, 7) is 4.26. The molecule has 0 fully saturated rings. The molecule has 146 valence electrons. The molecule has 0 amide bonds. The molecule has 0 saturated carbocycles. The highest BCUT2D eigenvalue weighted by Crippen LogP contribution is 2.26. The lowest BCUT2D eigenvalue weighted by Crippen LogP contribution is -2.20. The zero-order valence-electron chi connectivity index (χ0n) is 15.7. The number of methoxy groups -OCH3 is 1. The van der Waals surface area contributed by atoms with Gasteiger partial charge in [0.15, 0.2) is 5.11 Å². The minimum Gasteiger partial charge on any atom is -0.495 e. The normalized spacial score (nSPS) is 10.6. The van der Waals surface area contributed by atoms with E-state index < -0.39 is 0 Å². The first-order chi connectivity index (χ1) is 13.4. The van der Waals surface area contributed by atoms with Gasteiger partial charge in [-0.3, -0.25) is 4.68 Å². The summed E-state index contributed by atoms with van der Waals surface area (Å²) in [5.41, 5.74) is 4.05. The van der Waals surface area contributed by atoms with Gasteiger partial charge in [-0.25, -0.2) is 4.39 Å². The van der Waals surface area contributed by atoms with Crippen LogP contribution < -0.4 is 15.4 Å². The Balaban J connectivity index is 1.77. The van der Waals surface area contributed by atoms with Crippen molar-refractivity contribution in [1.29, 1.82) is 0 Å². The highest BCUT2D eigenvalue weighted by atomic mass is 35.5. The highest BCUT2D eigenvalue weighted by molar-refractivity contribution is 7.80. The second-order valence-electron chi connectivity index (χ2n) is 6.22. The molecule has 28 heavy (non-hydrogen) atoms. The number of nitrogens with zero attached hydrogens (tertiary/aromatic N) is 2. The molecule has 2 aromatic carbocycles. The Morgan fingerprint density at radius 2 is 1.96 bits per heavy atom. The molecule has 0 aliphatic carbocycles. The van der Waals surface area contributed by atoms with Crippen LogP contribution in [-0.4, -0.2) is 22.0 Å². The van der Waals surface area contributed by atoms with Gasteiger partial charge in [-0.05, 0) is 55.9 Å². The summed E-state index contributed by atoms with van der Waals surface area (Å²) in [6, 6.07) is 11.9. The van der Waals surface area contributed by atoms with Crippen LogP contribution in [0.25, 0.3) is 0 Å². The van der Waals surface area contributed by atoms with E-state index >= 15 is 0 Å². The predicted molar refractivity (Wildman–Crippen MR) is 115 cm³/mol. The third-order valence-corrected chi connectivity index (χ3v) is 4.87. The van der Waals surface area contributed by atoms with Crippen molar-refractivity contribution in [1.82, 2.24) is 9.78 Å². The number of aromatic nitrogens is 2. The van der Waals surface area contributed by atoms with Crippen molar-refractivity contribution < 1.29 is 9.13 Å². The van der Waals surface area contributed by atoms with Crippen LogP contribution in [0.1, 0.15) is 17.0 Å². The van der Waals surface area contributed by atoms with Crippen molar-refractivity contribution in [2.45, 2.75) is 20.4 Å². The topological polar surface area (TPSA) is 51.1 Å². The zero-order valence-corrected chi connectivity index (χ0v) is 17.3. The number of ether oxygens (including phenoxy) is 1. The summed E-state index contributed by atoms with van der Waals surface area (Å²) >= 11 is 11.6. The molecule has 1 aromatic heterocycles. The van der Waals surface area contributed by atoms with Crippen LogP contribution in [0.3, 0.4) is 0 Å². The van der Waals surface area contributed by atoms with Gasteiger partial charge in [0, 0.05) is 5.02 Å². The quantitative estimate of drug-likeness (QED) is 0.560. The van der Waals surface area contributed by atoms with E-state index in [2.05, 4.69) is 15.7 Å². The molecule has 0 saturated heterocycles. The summed E-state index contributed by atoms with van der Waals surface area (Å²) in [6.07, 6.45) is 0. The summed E-state index contributed by atoms with van der Waals surface area (Å²) in [5.74, 6) is 0.332. The van der Waals surface area contributed by atoms with Crippen LogP contribution in [0.15, 0.2) is 42.5 Å². The molecule has 0 atom stereocenters. The van der Waals surface area contributed by atoms with Crippen molar-refractivity contribution in [2.75, 3.05) is 17.7 Å². The minimum atomic E-state index is -0.364. The molecule has 5 nitrogen and oxygen atoms in total. The van der Waals surface area contributed by atoms with Crippen LogP contribution >= 0.6 is 23.8 Å². The fourth-order valence-corrected chi connectivity index (χ4v) is 3.30. The van der Waals surface area contributed by atoms with Crippen LogP contribution in [0.2, 0.25) is 5.02 Å². The first kappa shape index (κ1) is 20.1. The van der Waals surface area contributed by atoms with E-state index in [0.717, 1.165) is 28.3 Å². The number of thiocarbonyl (C=S) groups is 1. The van der Waals surface area contributed by atoms with Gasteiger partial charge in [-0.1, -0.05) is 29.8 Å². The molecule has 1 heterocycles. The Hall–Kier alpha value is -2.64. The smallest absolute Gasteiger partial charge is 0.175 e. The van der Waals surface area contributed by atoms with Gasteiger partial charge in [0.05, 0.1) is 36.4 Å². The van der Waals surface area contributed by atoms with Crippen LogP contribution in [0.5, 0.6) is 5.75 Å². The van der Waals surface area contributed by atoms with E-state index in [1.165, 1.54) is 12.1 Å². The predicted octanol–water partition coefficient (Wildman–Crippen LogP) is 5.16. The van der Waals surface area contributed by atoms with Crippen LogP contribution in [0, 0.1) is 19.7 Å². The van der Waals surface area contributed by atoms with E-state index in [1.54, 1.807) is 13.2 Å². The van der Waals surface area contributed by atoms with E-state index in [1.807, 2.05) is 42.8 Å². The van der Waals surface area contributed by atoms with Gasteiger partial charge in [0.1, 0.15) is 11.6 Å². The van der Waals surface area contributed by atoms with Crippen LogP contribution in [0.4, 0.5) is 15.8 Å². The third-order valence-electron chi connectivity index (χ3n) is 4.31. The summed E-state index contributed by atoms with van der Waals surface area (Å²) in [7, 11) is 1.61. The number of halogens is 2. The molecular weight excluding hydrogens is 399 g/mol. The molecular formula is C20H20ClFN4OS. The number of anilines is 2. The maximum absolute atomic E-state index is 13.3. The van der Waals surface area contributed by atoms with Gasteiger partial charge < -0.3 is 15.4 Å². The fourth-order valence-electron chi connectivity index (χ4n) is 2.86. The molecule has 3 aromatic rings. The number of nitrogens with one attached hydrogen (secondary N) is 2. The van der Waals surface area contributed by atoms with Gasteiger partial charge in [0.2, 0.25) is 0 Å². The monoisotopic (exact) mass is 418 g/mol. The molecule has 3 rings (SSSR count). The van der Waals surface area contributed by atoms with Crippen molar-refractivity contribution >= 4 is 40.3 Å².